The van der Waals surface area contributed by atoms with Crippen molar-refractivity contribution in [3.05, 3.63) is 51.7 Å². The van der Waals surface area contributed by atoms with Crippen molar-refractivity contribution < 1.29 is 19.1 Å². The van der Waals surface area contributed by atoms with E-state index in [0.29, 0.717) is 21.0 Å². The number of amides is 2. The Kier molecular flexibility index (Phi) is 4.61. The molecular formula is C17H16N2O4S. The van der Waals surface area contributed by atoms with Gasteiger partial charge in [0.2, 0.25) is 0 Å². The Bertz CT molecular complexity index is 795. The summed E-state index contributed by atoms with van der Waals surface area (Å²) in [6, 6.07) is 10.2. The van der Waals surface area contributed by atoms with Gasteiger partial charge in [0, 0.05) is 6.04 Å². The Morgan fingerprint density at radius 2 is 1.75 bits per heavy atom. The second kappa shape index (κ2) is 6.84. The Hall–Kier alpha value is -2.67. The van der Waals surface area contributed by atoms with Gasteiger partial charge in [0.15, 0.2) is 0 Å². The molecular weight excluding hydrogens is 328 g/mol. The minimum atomic E-state index is -0.483. The van der Waals surface area contributed by atoms with Crippen molar-refractivity contribution in [2.24, 2.45) is 0 Å². The molecule has 0 spiro atoms. The van der Waals surface area contributed by atoms with Gasteiger partial charge in [-0.2, -0.15) is 0 Å². The van der Waals surface area contributed by atoms with Gasteiger partial charge in [0.05, 0.1) is 23.2 Å². The quantitative estimate of drug-likeness (QED) is 0.817. The number of nitrogens with one attached hydrogen (secondary N) is 2. The first-order valence-corrected chi connectivity index (χ1v) is 8.29. The zero-order chi connectivity index (χ0) is 17.1. The van der Waals surface area contributed by atoms with E-state index in [4.69, 9.17) is 0 Å². The van der Waals surface area contributed by atoms with E-state index in [1.54, 1.807) is 30.3 Å². The monoisotopic (exact) mass is 344 g/mol. The first-order chi connectivity index (χ1) is 11.6. The van der Waals surface area contributed by atoms with Gasteiger partial charge in [-0.25, -0.2) is 4.79 Å². The molecule has 2 amide bonds. The highest BCUT2D eigenvalue weighted by Gasteiger charge is 2.25. The molecule has 0 radical (unpaired) electrons. The Labute approximate surface area is 142 Å². The number of carbonyl (C=O) groups is 3. The smallest absolute Gasteiger partial charge is 0.348 e. The lowest BCUT2D eigenvalue weighted by atomic mass is 10.1. The van der Waals surface area contributed by atoms with Gasteiger partial charge >= 0.3 is 5.97 Å². The summed E-state index contributed by atoms with van der Waals surface area (Å²) >= 11 is 1.04. The fourth-order valence-corrected chi connectivity index (χ4v) is 2.95. The van der Waals surface area contributed by atoms with Crippen molar-refractivity contribution in [3.8, 4) is 0 Å². The molecule has 1 heterocycles. The van der Waals surface area contributed by atoms with Crippen LogP contribution in [-0.2, 0) is 4.74 Å². The van der Waals surface area contributed by atoms with Crippen LogP contribution in [0.4, 0.5) is 5.69 Å². The number of para-hydroxylation sites is 1. The van der Waals surface area contributed by atoms with Crippen molar-refractivity contribution >= 4 is 34.8 Å². The highest BCUT2D eigenvalue weighted by molar-refractivity contribution is 7.16. The topological polar surface area (TPSA) is 84.5 Å². The highest BCUT2D eigenvalue weighted by Crippen LogP contribution is 2.23. The van der Waals surface area contributed by atoms with Crippen LogP contribution < -0.4 is 10.6 Å². The minimum absolute atomic E-state index is 0.199. The molecule has 0 saturated heterocycles. The van der Waals surface area contributed by atoms with Gasteiger partial charge in [-0.05, 0) is 37.1 Å². The van der Waals surface area contributed by atoms with Gasteiger partial charge in [0.25, 0.3) is 11.8 Å². The average molecular weight is 344 g/mol. The van der Waals surface area contributed by atoms with E-state index in [9.17, 15) is 14.4 Å². The number of anilines is 1. The van der Waals surface area contributed by atoms with Crippen molar-refractivity contribution in [3.63, 3.8) is 0 Å². The van der Waals surface area contributed by atoms with Gasteiger partial charge < -0.3 is 15.4 Å². The van der Waals surface area contributed by atoms with Crippen LogP contribution in [0, 0.1) is 0 Å². The molecule has 1 saturated carbocycles. The Morgan fingerprint density at radius 3 is 2.46 bits per heavy atom. The van der Waals surface area contributed by atoms with Gasteiger partial charge in [-0.1, -0.05) is 12.1 Å². The van der Waals surface area contributed by atoms with Crippen molar-refractivity contribution in [1.82, 2.24) is 5.32 Å². The molecule has 6 nitrogen and oxygen atoms in total. The minimum Gasteiger partial charge on any atom is -0.465 e. The van der Waals surface area contributed by atoms with Crippen LogP contribution in [-0.4, -0.2) is 30.9 Å². The van der Waals surface area contributed by atoms with E-state index in [1.807, 2.05) is 0 Å². The van der Waals surface area contributed by atoms with Crippen LogP contribution in [0.3, 0.4) is 0 Å². The molecule has 1 fully saturated rings. The van der Waals surface area contributed by atoms with E-state index in [1.165, 1.54) is 13.2 Å². The summed E-state index contributed by atoms with van der Waals surface area (Å²) in [5, 5.41) is 5.63. The lowest BCUT2D eigenvalue weighted by Crippen LogP contribution is -2.26. The van der Waals surface area contributed by atoms with Crippen LogP contribution in [0.1, 0.15) is 42.5 Å². The summed E-state index contributed by atoms with van der Waals surface area (Å²) < 4.78 is 4.63. The maximum Gasteiger partial charge on any atom is 0.348 e. The molecule has 2 N–H and O–H groups in total. The Morgan fingerprint density at radius 1 is 1.04 bits per heavy atom. The number of hydrogen-bond donors (Lipinski definition) is 2. The van der Waals surface area contributed by atoms with Crippen molar-refractivity contribution in [1.29, 1.82) is 0 Å². The van der Waals surface area contributed by atoms with Crippen molar-refractivity contribution in [2.75, 3.05) is 12.4 Å². The largest absolute Gasteiger partial charge is 0.465 e. The molecule has 0 bridgehead atoms. The molecule has 124 valence electrons. The second-order valence-electron chi connectivity index (χ2n) is 5.40. The number of hydrogen-bond acceptors (Lipinski definition) is 5. The van der Waals surface area contributed by atoms with Gasteiger partial charge in [0.1, 0.15) is 4.88 Å². The zero-order valence-electron chi connectivity index (χ0n) is 13.0. The predicted molar refractivity (Wildman–Crippen MR) is 90.5 cm³/mol. The third-order valence-corrected chi connectivity index (χ3v) is 4.61. The molecule has 0 aliphatic heterocycles. The van der Waals surface area contributed by atoms with Crippen LogP contribution in [0.2, 0.25) is 0 Å². The van der Waals surface area contributed by atoms with E-state index in [0.717, 1.165) is 24.2 Å². The molecule has 0 unspecified atom stereocenters. The predicted octanol–water partition coefficient (Wildman–Crippen LogP) is 2.68. The molecule has 7 heteroatoms. The summed E-state index contributed by atoms with van der Waals surface area (Å²) in [6.45, 7) is 0. The van der Waals surface area contributed by atoms with E-state index in [-0.39, 0.29) is 17.9 Å². The fourth-order valence-electron chi connectivity index (χ4n) is 2.14. The Balaban J connectivity index is 1.75. The second-order valence-corrected chi connectivity index (χ2v) is 6.49. The number of thiophene rings is 1. The van der Waals surface area contributed by atoms with Gasteiger partial charge in [-0.3, -0.25) is 9.59 Å². The number of benzene rings is 1. The first-order valence-electron chi connectivity index (χ1n) is 7.48. The molecule has 1 aromatic heterocycles. The number of carbonyl (C=O) groups excluding carboxylic acids is 3. The molecule has 2 aromatic rings. The van der Waals surface area contributed by atoms with Crippen LogP contribution in [0.15, 0.2) is 36.4 Å². The van der Waals surface area contributed by atoms with Crippen LogP contribution in [0.5, 0.6) is 0 Å². The van der Waals surface area contributed by atoms with E-state index in [2.05, 4.69) is 15.4 Å². The molecule has 1 aliphatic rings. The van der Waals surface area contributed by atoms with E-state index < -0.39 is 5.97 Å². The maximum absolute atomic E-state index is 12.4. The third-order valence-electron chi connectivity index (χ3n) is 3.55. The maximum atomic E-state index is 12.4. The molecule has 24 heavy (non-hydrogen) atoms. The normalized spacial score (nSPS) is 13.2. The summed E-state index contributed by atoms with van der Waals surface area (Å²) in [6.07, 6.45) is 1.98. The molecule has 1 aromatic carbocycles. The number of rotatable bonds is 5. The highest BCUT2D eigenvalue weighted by atomic mass is 32.1. The molecule has 3 rings (SSSR count). The summed E-state index contributed by atoms with van der Waals surface area (Å²) in [4.78, 5) is 36.8. The van der Waals surface area contributed by atoms with Crippen LogP contribution in [0.25, 0.3) is 0 Å². The lowest BCUT2D eigenvalue weighted by Gasteiger charge is -2.10. The fraction of sp³-hybridized carbons (Fsp3) is 0.235. The number of ether oxygens (including phenoxy) is 1. The summed E-state index contributed by atoms with van der Waals surface area (Å²) in [7, 11) is 1.29. The standard InChI is InChI=1S/C17H16N2O4S/c1-23-17(22)14-9-8-13(24-14)16(21)19-12-5-3-2-4-11(12)15(20)18-10-6-7-10/h2-5,8-10H,6-7H2,1H3,(H,18,20)(H,19,21). The van der Waals surface area contributed by atoms with Crippen molar-refractivity contribution in [2.45, 2.75) is 18.9 Å². The molecule has 1 aliphatic carbocycles. The van der Waals surface area contributed by atoms with E-state index >= 15 is 0 Å². The average Bonchev–Trinajstić information content (AvgIpc) is 3.26. The van der Waals surface area contributed by atoms with Gasteiger partial charge in [-0.15, -0.1) is 11.3 Å². The lowest BCUT2D eigenvalue weighted by molar-refractivity contribution is 0.0606. The summed E-state index contributed by atoms with van der Waals surface area (Å²) in [5.74, 6) is -1.06. The number of esters is 1. The first kappa shape index (κ1) is 16.2. The summed E-state index contributed by atoms with van der Waals surface area (Å²) in [5.41, 5.74) is 0.858. The molecule has 0 atom stereocenters. The van der Waals surface area contributed by atoms with Crippen LogP contribution >= 0.6 is 11.3 Å². The number of methoxy groups -OCH3 is 1. The third kappa shape index (κ3) is 3.62. The SMILES string of the molecule is COC(=O)c1ccc(C(=O)Nc2ccccc2C(=O)NC2CC2)s1. The zero-order valence-corrected chi connectivity index (χ0v) is 13.8.